The lowest BCUT2D eigenvalue weighted by Crippen LogP contribution is -2.33. The van der Waals surface area contributed by atoms with Gasteiger partial charge in [0.2, 0.25) is 10.0 Å². The average molecular weight is 374 g/mol. The quantitative estimate of drug-likeness (QED) is 0.777. The van der Waals surface area contributed by atoms with Crippen LogP contribution in [0.5, 0.6) is 0 Å². The summed E-state index contributed by atoms with van der Waals surface area (Å²) in [5, 5.41) is 9.20. The van der Waals surface area contributed by atoms with Crippen molar-refractivity contribution >= 4 is 31.9 Å². The van der Waals surface area contributed by atoms with E-state index in [0.29, 0.717) is 10.0 Å². The Morgan fingerprint density at radius 2 is 2.14 bits per heavy atom. The molecule has 0 radical (unpaired) electrons. The van der Waals surface area contributed by atoms with E-state index in [2.05, 4.69) is 22.5 Å². The van der Waals surface area contributed by atoms with Crippen LogP contribution >= 0.6 is 15.9 Å². The number of hydrogen-bond acceptors (Lipinski definition) is 3. The second-order valence-corrected chi connectivity index (χ2v) is 7.72. The minimum atomic E-state index is -3.73. The maximum absolute atomic E-state index is 12.7. The molecule has 5 nitrogen and oxygen atoms in total. The summed E-state index contributed by atoms with van der Waals surface area (Å²) in [5.41, 5.74) is 0.487. The molecule has 0 aromatic heterocycles. The highest BCUT2D eigenvalue weighted by Crippen LogP contribution is 2.33. The van der Waals surface area contributed by atoms with Gasteiger partial charge in [0.05, 0.1) is 10.5 Å². The van der Waals surface area contributed by atoms with Crippen molar-refractivity contribution in [3.8, 4) is 0 Å². The second-order valence-electron chi connectivity index (χ2n) is 4.98. The zero-order chi connectivity index (χ0) is 15.8. The van der Waals surface area contributed by atoms with Crippen LogP contribution in [0.4, 0.5) is 0 Å². The standard InChI is InChI=1S/C14H16BrNO4S/c1-3-6-16(10-4-5-10)21(19,20)11-7-12(14(17)18)9(2)13(15)8-11/h3,7-8,10H,1,4-6H2,2H3,(H,17,18). The smallest absolute Gasteiger partial charge is 0.336 e. The topological polar surface area (TPSA) is 74.7 Å². The maximum Gasteiger partial charge on any atom is 0.336 e. The third kappa shape index (κ3) is 3.20. The SMILES string of the molecule is C=CCN(C1CC1)S(=O)(=O)c1cc(Br)c(C)c(C(=O)O)c1. The summed E-state index contributed by atoms with van der Waals surface area (Å²) in [4.78, 5) is 11.2. The van der Waals surface area contributed by atoms with E-state index in [-0.39, 0.29) is 23.0 Å². The molecule has 21 heavy (non-hydrogen) atoms. The van der Waals surface area contributed by atoms with Gasteiger partial charge in [0.1, 0.15) is 0 Å². The first-order valence-corrected chi connectivity index (χ1v) is 8.68. The van der Waals surface area contributed by atoms with Gasteiger partial charge in [-0.05, 0) is 37.5 Å². The Bertz CT molecular complexity index is 695. The van der Waals surface area contributed by atoms with Crippen LogP contribution in [0.1, 0.15) is 28.8 Å². The molecule has 1 aliphatic carbocycles. The number of rotatable bonds is 6. The molecular formula is C14H16BrNO4S. The van der Waals surface area contributed by atoms with Crippen molar-refractivity contribution < 1.29 is 18.3 Å². The Balaban J connectivity index is 2.53. The summed E-state index contributed by atoms with van der Waals surface area (Å²) in [7, 11) is -3.73. The molecular weight excluding hydrogens is 358 g/mol. The summed E-state index contributed by atoms with van der Waals surface area (Å²) in [6.45, 7) is 5.44. The molecule has 0 amide bonds. The molecule has 1 fully saturated rings. The number of aromatic carboxylic acids is 1. The van der Waals surface area contributed by atoms with Crippen molar-refractivity contribution in [2.75, 3.05) is 6.54 Å². The molecule has 0 unspecified atom stereocenters. The number of sulfonamides is 1. The molecule has 2 rings (SSSR count). The second kappa shape index (κ2) is 5.90. The normalized spacial score (nSPS) is 15.2. The molecule has 0 saturated heterocycles. The maximum atomic E-state index is 12.7. The number of carboxylic acids is 1. The summed E-state index contributed by atoms with van der Waals surface area (Å²) in [6.07, 6.45) is 3.19. The van der Waals surface area contributed by atoms with E-state index in [1.807, 2.05) is 0 Å². The molecule has 1 aromatic rings. The number of hydrogen-bond donors (Lipinski definition) is 1. The number of carboxylic acid groups (broad SMARTS) is 1. The lowest BCUT2D eigenvalue weighted by molar-refractivity contribution is 0.0695. The van der Waals surface area contributed by atoms with Crippen LogP contribution in [0.3, 0.4) is 0 Å². The van der Waals surface area contributed by atoms with Crippen LogP contribution in [-0.2, 0) is 10.0 Å². The number of benzene rings is 1. The van der Waals surface area contributed by atoms with E-state index in [1.54, 1.807) is 6.92 Å². The lowest BCUT2D eigenvalue weighted by atomic mass is 10.1. The highest BCUT2D eigenvalue weighted by atomic mass is 79.9. The van der Waals surface area contributed by atoms with E-state index in [0.717, 1.165) is 12.8 Å². The van der Waals surface area contributed by atoms with Gasteiger partial charge in [0, 0.05) is 17.1 Å². The summed E-state index contributed by atoms with van der Waals surface area (Å²) in [5.74, 6) is -1.15. The van der Waals surface area contributed by atoms with Gasteiger partial charge in [-0.2, -0.15) is 4.31 Å². The Morgan fingerprint density at radius 1 is 1.52 bits per heavy atom. The van der Waals surface area contributed by atoms with Crippen molar-refractivity contribution in [2.24, 2.45) is 0 Å². The van der Waals surface area contributed by atoms with Gasteiger partial charge in [0.25, 0.3) is 0 Å². The Labute approximate surface area is 132 Å². The molecule has 0 bridgehead atoms. The van der Waals surface area contributed by atoms with Crippen LogP contribution in [0, 0.1) is 6.92 Å². The van der Waals surface area contributed by atoms with Crippen LogP contribution in [-0.4, -0.2) is 36.4 Å². The fourth-order valence-corrected chi connectivity index (χ4v) is 4.41. The average Bonchev–Trinajstić information content (AvgIpc) is 3.22. The van der Waals surface area contributed by atoms with Crippen LogP contribution in [0.2, 0.25) is 0 Å². The zero-order valence-corrected chi connectivity index (χ0v) is 13.9. The molecule has 1 N–H and O–H groups in total. The largest absolute Gasteiger partial charge is 0.478 e. The molecule has 1 aliphatic rings. The molecule has 0 aliphatic heterocycles. The first-order valence-electron chi connectivity index (χ1n) is 6.45. The van der Waals surface area contributed by atoms with Gasteiger partial charge >= 0.3 is 5.97 Å². The highest BCUT2D eigenvalue weighted by molar-refractivity contribution is 9.10. The van der Waals surface area contributed by atoms with Crippen LogP contribution in [0.15, 0.2) is 34.2 Å². The number of nitrogens with zero attached hydrogens (tertiary/aromatic N) is 1. The molecule has 0 atom stereocenters. The third-order valence-electron chi connectivity index (χ3n) is 3.42. The fraction of sp³-hybridized carbons (Fsp3) is 0.357. The van der Waals surface area contributed by atoms with Crippen molar-refractivity contribution in [3.05, 3.63) is 40.4 Å². The molecule has 0 heterocycles. The van der Waals surface area contributed by atoms with E-state index < -0.39 is 16.0 Å². The fourth-order valence-electron chi connectivity index (χ4n) is 2.09. The minimum Gasteiger partial charge on any atom is -0.478 e. The Morgan fingerprint density at radius 3 is 2.62 bits per heavy atom. The Kier molecular flexibility index (Phi) is 4.55. The zero-order valence-electron chi connectivity index (χ0n) is 11.5. The van der Waals surface area contributed by atoms with Crippen LogP contribution in [0.25, 0.3) is 0 Å². The van der Waals surface area contributed by atoms with Crippen LogP contribution < -0.4 is 0 Å². The first kappa shape index (κ1) is 16.2. The van der Waals surface area contributed by atoms with Crippen molar-refractivity contribution in [1.82, 2.24) is 4.31 Å². The van der Waals surface area contributed by atoms with Gasteiger partial charge in [-0.3, -0.25) is 0 Å². The van der Waals surface area contributed by atoms with Gasteiger partial charge < -0.3 is 5.11 Å². The minimum absolute atomic E-state index is 0.00822. The van der Waals surface area contributed by atoms with Gasteiger partial charge in [-0.25, -0.2) is 13.2 Å². The van der Waals surface area contributed by atoms with Gasteiger partial charge in [-0.1, -0.05) is 22.0 Å². The lowest BCUT2D eigenvalue weighted by Gasteiger charge is -2.21. The van der Waals surface area contributed by atoms with Crippen molar-refractivity contribution in [1.29, 1.82) is 0 Å². The molecule has 1 aromatic carbocycles. The third-order valence-corrected chi connectivity index (χ3v) is 6.14. The van der Waals surface area contributed by atoms with E-state index in [1.165, 1.54) is 22.5 Å². The van der Waals surface area contributed by atoms with E-state index in [4.69, 9.17) is 0 Å². The molecule has 114 valence electrons. The molecule has 0 spiro atoms. The first-order chi connectivity index (χ1) is 9.78. The predicted octanol–water partition coefficient (Wildman–Crippen LogP) is 2.79. The van der Waals surface area contributed by atoms with E-state index >= 15 is 0 Å². The summed E-state index contributed by atoms with van der Waals surface area (Å²) >= 11 is 3.23. The van der Waals surface area contributed by atoms with Crippen molar-refractivity contribution in [2.45, 2.75) is 30.7 Å². The highest BCUT2D eigenvalue weighted by Gasteiger charge is 2.37. The Hall–Kier alpha value is -1.18. The molecule has 1 saturated carbocycles. The van der Waals surface area contributed by atoms with E-state index in [9.17, 15) is 18.3 Å². The summed E-state index contributed by atoms with van der Waals surface area (Å²) in [6, 6.07) is 2.66. The summed E-state index contributed by atoms with van der Waals surface area (Å²) < 4.78 is 27.3. The van der Waals surface area contributed by atoms with Gasteiger partial charge in [0.15, 0.2) is 0 Å². The van der Waals surface area contributed by atoms with Crippen molar-refractivity contribution in [3.63, 3.8) is 0 Å². The predicted molar refractivity (Wildman–Crippen MR) is 82.9 cm³/mol. The monoisotopic (exact) mass is 373 g/mol. The number of carbonyl (C=O) groups is 1. The molecule has 7 heteroatoms. The number of halogens is 1. The van der Waals surface area contributed by atoms with Gasteiger partial charge in [-0.15, -0.1) is 6.58 Å².